The molecule has 0 aromatic heterocycles. The maximum Gasteiger partial charge on any atom is 0.221 e. The van der Waals surface area contributed by atoms with E-state index in [-0.39, 0.29) is 5.91 Å². The van der Waals surface area contributed by atoms with Gasteiger partial charge in [-0.05, 0) is 11.1 Å². The Hall–Kier alpha value is -2.17. The molecule has 1 aliphatic rings. The number of benzene rings is 2. The predicted molar refractivity (Wildman–Crippen MR) is 101 cm³/mol. The highest BCUT2D eigenvalue weighted by Gasteiger charge is 2.26. The van der Waals surface area contributed by atoms with Gasteiger partial charge in [-0.2, -0.15) is 0 Å². The first-order valence-corrected chi connectivity index (χ1v) is 9.05. The summed E-state index contributed by atoms with van der Waals surface area (Å²) < 4.78 is 0. The van der Waals surface area contributed by atoms with Crippen LogP contribution in [0.1, 0.15) is 23.6 Å². The summed E-state index contributed by atoms with van der Waals surface area (Å²) >= 11 is 0. The van der Waals surface area contributed by atoms with E-state index in [0.717, 1.165) is 32.7 Å². The summed E-state index contributed by atoms with van der Waals surface area (Å²) in [6.45, 7) is 4.89. The summed E-state index contributed by atoms with van der Waals surface area (Å²) in [6.07, 6.45) is 0.581. The Bertz CT molecular complexity index is 612. The van der Waals surface area contributed by atoms with Crippen LogP contribution >= 0.6 is 0 Å². The van der Waals surface area contributed by atoms with Gasteiger partial charge in [0.05, 0.1) is 6.04 Å². The number of rotatable bonds is 6. The van der Waals surface area contributed by atoms with Crippen molar-refractivity contribution in [3.8, 4) is 0 Å². The van der Waals surface area contributed by atoms with Crippen molar-refractivity contribution in [3.63, 3.8) is 0 Å². The van der Waals surface area contributed by atoms with Gasteiger partial charge < -0.3 is 10.2 Å². The summed E-state index contributed by atoms with van der Waals surface area (Å²) in [6, 6.07) is 21.8. The topological polar surface area (TPSA) is 35.6 Å². The molecule has 1 N–H and O–H groups in total. The van der Waals surface area contributed by atoms with Crippen molar-refractivity contribution in [3.05, 3.63) is 71.8 Å². The monoisotopic (exact) mass is 337 g/mol. The van der Waals surface area contributed by atoms with Gasteiger partial charge in [-0.3, -0.25) is 9.69 Å². The third-order valence-corrected chi connectivity index (χ3v) is 4.94. The van der Waals surface area contributed by atoms with Gasteiger partial charge in [0.15, 0.2) is 0 Å². The lowest BCUT2D eigenvalue weighted by Gasteiger charge is -2.39. The summed E-state index contributed by atoms with van der Waals surface area (Å²) in [7, 11) is 1.70. The van der Waals surface area contributed by atoms with Crippen LogP contribution < -0.4 is 5.32 Å². The van der Waals surface area contributed by atoms with Gasteiger partial charge >= 0.3 is 0 Å². The van der Waals surface area contributed by atoms with Crippen molar-refractivity contribution >= 4 is 5.91 Å². The smallest absolute Gasteiger partial charge is 0.221 e. The van der Waals surface area contributed by atoms with E-state index < -0.39 is 0 Å². The molecule has 1 fully saturated rings. The second-order valence-corrected chi connectivity index (χ2v) is 6.52. The molecule has 4 nitrogen and oxygen atoms in total. The first kappa shape index (κ1) is 17.6. The number of nitrogens with zero attached hydrogens (tertiary/aromatic N) is 2. The molecule has 1 amide bonds. The first-order valence-electron chi connectivity index (χ1n) is 9.05. The molecule has 0 bridgehead atoms. The van der Waals surface area contributed by atoms with Crippen LogP contribution in [0.4, 0.5) is 0 Å². The zero-order valence-electron chi connectivity index (χ0n) is 14.9. The molecule has 25 heavy (non-hydrogen) atoms. The average molecular weight is 337 g/mol. The molecule has 1 aliphatic heterocycles. The van der Waals surface area contributed by atoms with Crippen LogP contribution in [0.3, 0.4) is 0 Å². The molecular formula is C21H27N3O. The second kappa shape index (κ2) is 8.79. The standard InChI is InChI=1S/C21H27N3O/c1-22-20(25)12-13-23-14-16-24(17-15-23)21(18-8-4-2-5-9-18)19-10-6-3-7-11-19/h2-11,21H,12-17H2,1H3,(H,22,25). The molecule has 0 radical (unpaired) electrons. The number of hydrogen-bond acceptors (Lipinski definition) is 3. The van der Waals surface area contributed by atoms with Crippen LogP contribution in [0.2, 0.25) is 0 Å². The molecule has 0 spiro atoms. The van der Waals surface area contributed by atoms with Gasteiger partial charge in [-0.15, -0.1) is 0 Å². The molecule has 1 saturated heterocycles. The largest absolute Gasteiger partial charge is 0.359 e. The molecule has 2 aromatic carbocycles. The van der Waals surface area contributed by atoms with Crippen molar-refractivity contribution in [2.75, 3.05) is 39.8 Å². The zero-order valence-corrected chi connectivity index (χ0v) is 14.9. The minimum atomic E-state index is 0.119. The predicted octanol–water partition coefficient (Wildman–Crippen LogP) is 2.53. The average Bonchev–Trinajstić information content (AvgIpc) is 2.69. The highest BCUT2D eigenvalue weighted by molar-refractivity contribution is 5.75. The van der Waals surface area contributed by atoms with E-state index in [0.29, 0.717) is 12.5 Å². The van der Waals surface area contributed by atoms with Crippen molar-refractivity contribution < 1.29 is 4.79 Å². The van der Waals surface area contributed by atoms with Crippen molar-refractivity contribution in [2.45, 2.75) is 12.5 Å². The van der Waals surface area contributed by atoms with Crippen LogP contribution in [-0.4, -0.2) is 55.5 Å². The molecule has 4 heteroatoms. The van der Waals surface area contributed by atoms with Gasteiger partial charge in [0.2, 0.25) is 5.91 Å². The van der Waals surface area contributed by atoms with E-state index in [9.17, 15) is 4.79 Å². The second-order valence-electron chi connectivity index (χ2n) is 6.52. The molecule has 0 saturated carbocycles. The minimum Gasteiger partial charge on any atom is -0.359 e. The molecule has 132 valence electrons. The summed E-state index contributed by atoms with van der Waals surface area (Å²) in [4.78, 5) is 16.4. The number of carbonyl (C=O) groups is 1. The first-order chi connectivity index (χ1) is 12.3. The number of carbonyl (C=O) groups excluding carboxylic acids is 1. The fourth-order valence-electron chi connectivity index (χ4n) is 3.51. The molecule has 3 rings (SSSR count). The fourth-order valence-corrected chi connectivity index (χ4v) is 3.51. The lowest BCUT2D eigenvalue weighted by Crippen LogP contribution is -2.48. The maximum atomic E-state index is 11.4. The highest BCUT2D eigenvalue weighted by atomic mass is 16.1. The van der Waals surface area contributed by atoms with Gasteiger partial charge in [0.25, 0.3) is 0 Å². The summed E-state index contributed by atoms with van der Waals surface area (Å²) in [5, 5.41) is 2.70. The van der Waals surface area contributed by atoms with Crippen LogP contribution in [0.5, 0.6) is 0 Å². The number of nitrogens with one attached hydrogen (secondary N) is 1. The van der Waals surface area contributed by atoms with Crippen LogP contribution in [0.15, 0.2) is 60.7 Å². The maximum absolute atomic E-state index is 11.4. The van der Waals surface area contributed by atoms with E-state index in [1.54, 1.807) is 7.05 Å². The van der Waals surface area contributed by atoms with Gasteiger partial charge in [-0.25, -0.2) is 0 Å². The Morgan fingerprint density at radius 1 is 0.920 bits per heavy atom. The summed E-state index contributed by atoms with van der Waals surface area (Å²) in [5.74, 6) is 0.119. The SMILES string of the molecule is CNC(=O)CCN1CCN(C(c2ccccc2)c2ccccc2)CC1. The zero-order chi connectivity index (χ0) is 17.5. The van der Waals surface area contributed by atoms with E-state index in [1.807, 2.05) is 0 Å². The molecular weight excluding hydrogens is 310 g/mol. The van der Waals surface area contributed by atoms with Crippen molar-refractivity contribution in [1.82, 2.24) is 15.1 Å². The molecule has 2 aromatic rings. The Labute approximate surface area is 150 Å². The molecule has 1 heterocycles. The molecule has 0 aliphatic carbocycles. The number of hydrogen-bond donors (Lipinski definition) is 1. The Balaban J connectivity index is 1.68. The van der Waals surface area contributed by atoms with E-state index >= 15 is 0 Å². The lowest BCUT2D eigenvalue weighted by molar-refractivity contribution is -0.121. The van der Waals surface area contributed by atoms with Crippen LogP contribution in [0, 0.1) is 0 Å². The quantitative estimate of drug-likeness (QED) is 0.880. The molecule has 0 atom stereocenters. The van der Waals surface area contributed by atoms with E-state index in [1.165, 1.54) is 11.1 Å². The van der Waals surface area contributed by atoms with Crippen LogP contribution in [0.25, 0.3) is 0 Å². The fraction of sp³-hybridized carbons (Fsp3) is 0.381. The Morgan fingerprint density at radius 2 is 1.44 bits per heavy atom. The van der Waals surface area contributed by atoms with Gasteiger partial charge in [0.1, 0.15) is 0 Å². The van der Waals surface area contributed by atoms with Crippen molar-refractivity contribution in [2.24, 2.45) is 0 Å². The lowest BCUT2D eigenvalue weighted by atomic mass is 9.96. The minimum absolute atomic E-state index is 0.119. The Kier molecular flexibility index (Phi) is 6.20. The normalized spacial score (nSPS) is 16.1. The van der Waals surface area contributed by atoms with Gasteiger partial charge in [0, 0.05) is 46.2 Å². The number of piperazine rings is 1. The highest BCUT2D eigenvalue weighted by Crippen LogP contribution is 2.29. The number of amides is 1. The Morgan fingerprint density at radius 3 is 1.92 bits per heavy atom. The van der Waals surface area contributed by atoms with E-state index in [4.69, 9.17) is 0 Å². The van der Waals surface area contributed by atoms with E-state index in [2.05, 4.69) is 75.8 Å². The van der Waals surface area contributed by atoms with Crippen molar-refractivity contribution in [1.29, 1.82) is 0 Å². The summed E-state index contributed by atoms with van der Waals surface area (Å²) in [5.41, 5.74) is 2.68. The third kappa shape index (κ3) is 4.68. The third-order valence-electron chi connectivity index (χ3n) is 4.94. The molecule has 0 unspecified atom stereocenters. The van der Waals surface area contributed by atoms with Gasteiger partial charge in [-0.1, -0.05) is 60.7 Å². The van der Waals surface area contributed by atoms with Crippen LogP contribution in [-0.2, 0) is 4.79 Å².